The molecule has 0 unspecified atom stereocenters. The van der Waals surface area contributed by atoms with Crippen LogP contribution in [0.1, 0.15) is 32.6 Å². The van der Waals surface area contributed by atoms with Crippen molar-refractivity contribution in [2.75, 3.05) is 13.7 Å². The van der Waals surface area contributed by atoms with Gasteiger partial charge in [-0.25, -0.2) is 0 Å². The zero-order valence-electron chi connectivity index (χ0n) is 7.76. The molecule has 0 heterocycles. The van der Waals surface area contributed by atoms with Crippen LogP contribution < -0.4 is 5.32 Å². The van der Waals surface area contributed by atoms with Gasteiger partial charge in [-0.2, -0.15) is 0 Å². The maximum atomic E-state index is 5.16. The Morgan fingerprint density at radius 1 is 1.33 bits per heavy atom. The summed E-state index contributed by atoms with van der Waals surface area (Å²) in [6.45, 7) is 2.94. The van der Waals surface area contributed by atoms with E-state index in [1.807, 2.05) is 0 Å². The van der Waals surface area contributed by atoms with Crippen LogP contribution in [0.25, 0.3) is 0 Å². The highest BCUT2D eigenvalue weighted by molar-refractivity contribution is 7.80. The standard InChI is InChI=1S/C8H17NOS.ClH/c1-3-4-5-6-7-10-8(11)9-2;/h3-7H2,1-2H3,(H,9,11);1H. The summed E-state index contributed by atoms with van der Waals surface area (Å²) < 4.78 is 5.16. The summed E-state index contributed by atoms with van der Waals surface area (Å²) in [4.78, 5) is 0. The van der Waals surface area contributed by atoms with Crippen LogP contribution in [0.15, 0.2) is 0 Å². The third-order valence-electron chi connectivity index (χ3n) is 1.44. The Kier molecular flexibility index (Phi) is 13.3. The van der Waals surface area contributed by atoms with Gasteiger partial charge in [-0.15, -0.1) is 12.4 Å². The molecule has 2 nitrogen and oxygen atoms in total. The highest BCUT2D eigenvalue weighted by Crippen LogP contribution is 1.98. The Labute approximate surface area is 86.5 Å². The number of thiocarbonyl (C=S) groups is 1. The molecule has 0 saturated heterocycles. The van der Waals surface area contributed by atoms with Crippen molar-refractivity contribution >= 4 is 29.8 Å². The summed E-state index contributed by atoms with van der Waals surface area (Å²) in [5.74, 6) is 0. The summed E-state index contributed by atoms with van der Waals surface area (Å²) in [5.41, 5.74) is 0. The van der Waals surface area contributed by atoms with Crippen molar-refractivity contribution < 1.29 is 4.74 Å². The highest BCUT2D eigenvalue weighted by atomic mass is 35.5. The predicted octanol–water partition coefficient (Wildman–Crippen LogP) is 2.51. The van der Waals surface area contributed by atoms with Crippen LogP contribution in [0.4, 0.5) is 0 Å². The van der Waals surface area contributed by atoms with Gasteiger partial charge >= 0.3 is 0 Å². The van der Waals surface area contributed by atoms with Crippen LogP contribution in [-0.4, -0.2) is 18.8 Å². The van der Waals surface area contributed by atoms with E-state index in [-0.39, 0.29) is 12.4 Å². The quantitative estimate of drug-likeness (QED) is 0.558. The lowest BCUT2D eigenvalue weighted by atomic mass is 10.2. The lowest BCUT2D eigenvalue weighted by Crippen LogP contribution is -2.19. The molecule has 12 heavy (non-hydrogen) atoms. The van der Waals surface area contributed by atoms with Gasteiger partial charge in [-0.05, 0) is 18.6 Å². The zero-order chi connectivity index (χ0) is 8.53. The smallest absolute Gasteiger partial charge is 0.256 e. The van der Waals surface area contributed by atoms with E-state index in [0.29, 0.717) is 5.17 Å². The van der Waals surface area contributed by atoms with Crippen molar-refractivity contribution in [3.05, 3.63) is 0 Å². The molecular weight excluding hydrogens is 194 g/mol. The molecule has 0 fully saturated rings. The summed E-state index contributed by atoms with van der Waals surface area (Å²) in [6, 6.07) is 0. The zero-order valence-corrected chi connectivity index (χ0v) is 9.39. The van der Waals surface area contributed by atoms with Gasteiger partial charge in [0.15, 0.2) is 0 Å². The summed E-state index contributed by atoms with van der Waals surface area (Å²) in [6.07, 6.45) is 4.89. The minimum Gasteiger partial charge on any atom is -0.471 e. The third-order valence-corrected chi connectivity index (χ3v) is 1.76. The molecule has 0 rings (SSSR count). The molecule has 0 spiro atoms. The van der Waals surface area contributed by atoms with Gasteiger partial charge in [0.1, 0.15) is 0 Å². The molecule has 0 aliphatic rings. The van der Waals surface area contributed by atoms with E-state index in [0.717, 1.165) is 13.0 Å². The normalized spacial score (nSPS) is 8.50. The Morgan fingerprint density at radius 2 is 2.00 bits per heavy atom. The number of ether oxygens (including phenoxy) is 1. The van der Waals surface area contributed by atoms with Crippen LogP contribution in [0.3, 0.4) is 0 Å². The highest BCUT2D eigenvalue weighted by Gasteiger charge is 1.91. The number of unbranched alkanes of at least 4 members (excludes halogenated alkanes) is 3. The second-order valence-electron chi connectivity index (χ2n) is 2.45. The number of rotatable bonds is 5. The largest absolute Gasteiger partial charge is 0.471 e. The lowest BCUT2D eigenvalue weighted by Gasteiger charge is -2.04. The van der Waals surface area contributed by atoms with Crippen LogP contribution in [0.5, 0.6) is 0 Å². The first kappa shape index (κ1) is 14.5. The average molecular weight is 212 g/mol. The molecule has 0 atom stereocenters. The summed E-state index contributed by atoms with van der Waals surface area (Å²) in [5, 5.41) is 3.27. The van der Waals surface area contributed by atoms with Crippen molar-refractivity contribution in [3.8, 4) is 0 Å². The molecule has 0 saturated carbocycles. The summed E-state index contributed by atoms with van der Waals surface area (Å²) >= 11 is 4.80. The molecule has 0 aliphatic carbocycles. The second kappa shape index (κ2) is 11.0. The van der Waals surface area contributed by atoms with E-state index < -0.39 is 0 Å². The van der Waals surface area contributed by atoms with Crippen LogP contribution in [0, 0.1) is 0 Å². The van der Waals surface area contributed by atoms with Gasteiger partial charge in [0.05, 0.1) is 6.61 Å². The fourth-order valence-corrected chi connectivity index (χ4v) is 0.849. The molecule has 0 bridgehead atoms. The van der Waals surface area contributed by atoms with E-state index in [1.165, 1.54) is 19.3 Å². The number of hydrogen-bond donors (Lipinski definition) is 1. The molecule has 0 aromatic carbocycles. The van der Waals surface area contributed by atoms with E-state index in [9.17, 15) is 0 Å². The molecule has 0 amide bonds. The third kappa shape index (κ3) is 9.98. The number of hydrogen-bond acceptors (Lipinski definition) is 2. The maximum absolute atomic E-state index is 5.16. The van der Waals surface area contributed by atoms with Crippen LogP contribution >= 0.6 is 24.6 Å². The number of nitrogens with one attached hydrogen (secondary N) is 1. The summed E-state index contributed by atoms with van der Waals surface area (Å²) in [7, 11) is 1.77. The van der Waals surface area contributed by atoms with Crippen LogP contribution in [-0.2, 0) is 4.74 Å². The minimum atomic E-state index is 0. The van der Waals surface area contributed by atoms with Gasteiger partial charge in [-0.1, -0.05) is 26.2 Å². The first-order valence-corrected chi connectivity index (χ1v) is 4.56. The lowest BCUT2D eigenvalue weighted by molar-refractivity contribution is 0.289. The van der Waals surface area contributed by atoms with Crippen molar-refractivity contribution in [3.63, 3.8) is 0 Å². The SMILES string of the molecule is CCCCCCOC(=S)NC.Cl. The first-order valence-electron chi connectivity index (χ1n) is 4.15. The first-order chi connectivity index (χ1) is 5.31. The van der Waals surface area contributed by atoms with Gasteiger partial charge in [0.25, 0.3) is 5.17 Å². The van der Waals surface area contributed by atoms with Gasteiger partial charge in [0.2, 0.25) is 0 Å². The Bertz CT molecular complexity index is 111. The van der Waals surface area contributed by atoms with E-state index in [1.54, 1.807) is 7.05 Å². The molecule has 0 radical (unpaired) electrons. The monoisotopic (exact) mass is 211 g/mol. The van der Waals surface area contributed by atoms with E-state index in [2.05, 4.69) is 12.2 Å². The molecular formula is C8H18ClNOS. The van der Waals surface area contributed by atoms with Crippen molar-refractivity contribution in [1.29, 1.82) is 0 Å². The molecule has 0 aromatic heterocycles. The molecule has 0 aliphatic heterocycles. The van der Waals surface area contributed by atoms with Crippen LogP contribution in [0.2, 0.25) is 0 Å². The molecule has 1 N–H and O–H groups in total. The second-order valence-corrected chi connectivity index (χ2v) is 2.82. The van der Waals surface area contributed by atoms with E-state index >= 15 is 0 Å². The maximum Gasteiger partial charge on any atom is 0.256 e. The average Bonchev–Trinajstić information content (AvgIpc) is 2.04. The Morgan fingerprint density at radius 3 is 2.50 bits per heavy atom. The molecule has 74 valence electrons. The van der Waals surface area contributed by atoms with Crippen molar-refractivity contribution in [2.24, 2.45) is 0 Å². The van der Waals surface area contributed by atoms with Crippen molar-refractivity contribution in [2.45, 2.75) is 32.6 Å². The van der Waals surface area contributed by atoms with E-state index in [4.69, 9.17) is 17.0 Å². The fourth-order valence-electron chi connectivity index (χ4n) is 0.766. The van der Waals surface area contributed by atoms with Gasteiger partial charge < -0.3 is 10.1 Å². The minimum absolute atomic E-state index is 0. The predicted molar refractivity (Wildman–Crippen MR) is 59.0 cm³/mol. The molecule has 4 heteroatoms. The topological polar surface area (TPSA) is 21.3 Å². The van der Waals surface area contributed by atoms with Crippen molar-refractivity contribution in [1.82, 2.24) is 5.32 Å². The Balaban J connectivity index is 0. The fraction of sp³-hybridized carbons (Fsp3) is 0.875. The number of halogens is 1. The van der Waals surface area contributed by atoms with Gasteiger partial charge in [0, 0.05) is 7.05 Å². The molecule has 0 aromatic rings. The van der Waals surface area contributed by atoms with Gasteiger partial charge in [-0.3, -0.25) is 0 Å². The Hall–Kier alpha value is -0.0200.